The first-order valence-corrected chi connectivity index (χ1v) is 9.38. The Morgan fingerprint density at radius 1 is 1.30 bits per heavy atom. The minimum absolute atomic E-state index is 0.0865. The van der Waals surface area contributed by atoms with Crippen LogP contribution in [0.5, 0.6) is 0 Å². The lowest BCUT2D eigenvalue weighted by Gasteiger charge is -2.26. The second-order valence-corrected chi connectivity index (χ2v) is 8.17. The molecule has 6 heteroatoms. The summed E-state index contributed by atoms with van der Waals surface area (Å²) in [5.74, 6) is 0. The average molecular weight is 383 g/mol. The molecule has 0 aliphatic heterocycles. The number of halogens is 2. The molecule has 1 rings (SSSR count). The van der Waals surface area contributed by atoms with Gasteiger partial charge in [-0.05, 0) is 38.5 Å². The minimum atomic E-state index is -3.55. The second kappa shape index (κ2) is 7.78. The number of hydrogen-bond donors (Lipinski definition) is 0. The summed E-state index contributed by atoms with van der Waals surface area (Å²) in [6.07, 6.45) is 2.94. The standard InChI is InChI=1S/C14H21BrClNO2S/c1-4-5-6-9-17(11(2)3)20(18,19)14-8-7-12(15)10-13(14)16/h7-8,10-11H,4-6,9H2,1-3H3. The smallest absolute Gasteiger partial charge is 0.207 e. The number of rotatable bonds is 7. The highest BCUT2D eigenvalue weighted by molar-refractivity contribution is 9.10. The number of benzene rings is 1. The fourth-order valence-electron chi connectivity index (χ4n) is 1.98. The van der Waals surface area contributed by atoms with Crippen LogP contribution in [0.1, 0.15) is 40.0 Å². The molecule has 0 fully saturated rings. The summed E-state index contributed by atoms with van der Waals surface area (Å²) in [4.78, 5) is 0.174. The van der Waals surface area contributed by atoms with Gasteiger partial charge in [0, 0.05) is 17.1 Å². The van der Waals surface area contributed by atoms with Crippen molar-refractivity contribution in [3.8, 4) is 0 Å². The predicted octanol–water partition coefficient (Wildman–Crippen LogP) is 4.69. The van der Waals surface area contributed by atoms with E-state index in [-0.39, 0.29) is 16.0 Å². The normalized spacial score (nSPS) is 12.3. The van der Waals surface area contributed by atoms with E-state index in [9.17, 15) is 8.42 Å². The minimum Gasteiger partial charge on any atom is -0.207 e. The van der Waals surface area contributed by atoms with Crippen molar-refractivity contribution in [1.29, 1.82) is 0 Å². The molecule has 0 heterocycles. The van der Waals surface area contributed by atoms with Crippen molar-refractivity contribution < 1.29 is 8.42 Å². The van der Waals surface area contributed by atoms with Crippen LogP contribution in [0.2, 0.25) is 5.02 Å². The lowest BCUT2D eigenvalue weighted by Crippen LogP contribution is -2.37. The van der Waals surface area contributed by atoms with Gasteiger partial charge >= 0.3 is 0 Å². The van der Waals surface area contributed by atoms with Crippen LogP contribution in [-0.4, -0.2) is 25.3 Å². The van der Waals surface area contributed by atoms with E-state index >= 15 is 0 Å². The molecule has 0 N–H and O–H groups in total. The Morgan fingerprint density at radius 2 is 1.95 bits per heavy atom. The number of nitrogens with zero attached hydrogens (tertiary/aromatic N) is 1. The third-order valence-corrected chi connectivity index (χ3v) is 6.09. The Bertz CT molecular complexity index is 546. The van der Waals surface area contributed by atoms with Gasteiger partial charge in [0.05, 0.1) is 5.02 Å². The van der Waals surface area contributed by atoms with E-state index < -0.39 is 10.0 Å². The molecule has 3 nitrogen and oxygen atoms in total. The topological polar surface area (TPSA) is 37.4 Å². The fraction of sp³-hybridized carbons (Fsp3) is 0.571. The maximum atomic E-state index is 12.7. The lowest BCUT2D eigenvalue weighted by atomic mass is 10.2. The summed E-state index contributed by atoms with van der Waals surface area (Å²) in [5, 5.41) is 0.250. The Morgan fingerprint density at radius 3 is 2.45 bits per heavy atom. The van der Waals surface area contributed by atoms with Crippen molar-refractivity contribution in [1.82, 2.24) is 4.31 Å². The summed E-state index contributed by atoms with van der Waals surface area (Å²) in [6.45, 7) is 6.40. The lowest BCUT2D eigenvalue weighted by molar-refractivity contribution is 0.345. The highest BCUT2D eigenvalue weighted by Crippen LogP contribution is 2.28. The Balaban J connectivity index is 3.09. The third-order valence-electron chi connectivity index (χ3n) is 3.04. The number of unbranched alkanes of at least 4 members (excludes halogenated alkanes) is 2. The molecule has 0 aliphatic rings. The molecule has 0 spiro atoms. The quantitative estimate of drug-likeness (QED) is 0.641. The van der Waals surface area contributed by atoms with Crippen molar-refractivity contribution in [3.63, 3.8) is 0 Å². The van der Waals surface area contributed by atoms with Crippen LogP contribution in [0.15, 0.2) is 27.6 Å². The molecule has 1 aromatic rings. The monoisotopic (exact) mass is 381 g/mol. The van der Waals surface area contributed by atoms with Crippen molar-refractivity contribution in [2.75, 3.05) is 6.54 Å². The molecule has 20 heavy (non-hydrogen) atoms. The van der Waals surface area contributed by atoms with Crippen molar-refractivity contribution in [2.24, 2.45) is 0 Å². The zero-order valence-corrected chi connectivity index (χ0v) is 15.2. The molecule has 0 bridgehead atoms. The van der Waals surface area contributed by atoms with Gasteiger partial charge < -0.3 is 0 Å². The zero-order chi connectivity index (χ0) is 15.3. The first kappa shape index (κ1) is 18.0. The maximum absolute atomic E-state index is 12.7. The molecule has 0 radical (unpaired) electrons. The van der Waals surface area contributed by atoms with Crippen LogP contribution in [0.3, 0.4) is 0 Å². The van der Waals surface area contributed by atoms with Crippen LogP contribution in [0, 0.1) is 0 Å². The fourth-order valence-corrected chi connectivity index (χ4v) is 4.67. The van der Waals surface area contributed by atoms with E-state index in [0.717, 1.165) is 23.7 Å². The van der Waals surface area contributed by atoms with E-state index in [1.165, 1.54) is 4.31 Å². The van der Waals surface area contributed by atoms with Gasteiger partial charge in [0.2, 0.25) is 10.0 Å². The molecule has 0 aromatic heterocycles. The first-order valence-electron chi connectivity index (χ1n) is 6.77. The SMILES string of the molecule is CCCCCN(C(C)C)S(=O)(=O)c1ccc(Br)cc1Cl. The van der Waals surface area contributed by atoms with E-state index in [2.05, 4.69) is 22.9 Å². The maximum Gasteiger partial charge on any atom is 0.244 e. The summed E-state index contributed by atoms with van der Waals surface area (Å²) in [5.41, 5.74) is 0. The summed E-state index contributed by atoms with van der Waals surface area (Å²) >= 11 is 9.38. The number of hydrogen-bond acceptors (Lipinski definition) is 2. The Labute approximate surface area is 135 Å². The molecule has 0 amide bonds. The molecule has 0 saturated carbocycles. The van der Waals surface area contributed by atoms with Crippen LogP contribution in [0.4, 0.5) is 0 Å². The molecular formula is C14H21BrClNO2S. The van der Waals surface area contributed by atoms with Gasteiger partial charge in [0.15, 0.2) is 0 Å². The Hall–Kier alpha value is -0.100. The molecular weight excluding hydrogens is 362 g/mol. The molecule has 1 aromatic carbocycles. The van der Waals surface area contributed by atoms with Crippen molar-refractivity contribution >= 4 is 37.6 Å². The van der Waals surface area contributed by atoms with Gasteiger partial charge in [0.25, 0.3) is 0 Å². The van der Waals surface area contributed by atoms with Crippen LogP contribution in [0.25, 0.3) is 0 Å². The van der Waals surface area contributed by atoms with Gasteiger partial charge in [0.1, 0.15) is 4.90 Å². The van der Waals surface area contributed by atoms with Crippen LogP contribution in [-0.2, 0) is 10.0 Å². The Kier molecular flexibility index (Phi) is 6.98. The van der Waals surface area contributed by atoms with Gasteiger partial charge in [-0.3, -0.25) is 0 Å². The van der Waals surface area contributed by atoms with Gasteiger partial charge in [-0.1, -0.05) is 47.3 Å². The number of sulfonamides is 1. The largest absolute Gasteiger partial charge is 0.244 e. The average Bonchev–Trinajstić information content (AvgIpc) is 2.33. The first-order chi connectivity index (χ1) is 9.30. The van der Waals surface area contributed by atoms with Gasteiger partial charge in [-0.2, -0.15) is 4.31 Å². The summed E-state index contributed by atoms with van der Waals surface area (Å²) < 4.78 is 27.7. The van der Waals surface area contributed by atoms with Crippen LogP contribution < -0.4 is 0 Å². The summed E-state index contributed by atoms with van der Waals surface area (Å²) in [6, 6.07) is 4.77. The van der Waals surface area contributed by atoms with E-state index in [4.69, 9.17) is 11.6 Å². The van der Waals surface area contributed by atoms with Gasteiger partial charge in [-0.25, -0.2) is 8.42 Å². The molecule has 0 unspecified atom stereocenters. The zero-order valence-electron chi connectivity index (χ0n) is 12.1. The van der Waals surface area contributed by atoms with Crippen molar-refractivity contribution in [2.45, 2.75) is 51.0 Å². The predicted molar refractivity (Wildman–Crippen MR) is 87.7 cm³/mol. The molecule has 0 saturated heterocycles. The van der Waals surface area contributed by atoms with E-state index in [0.29, 0.717) is 6.54 Å². The molecule has 114 valence electrons. The van der Waals surface area contributed by atoms with E-state index in [1.807, 2.05) is 13.8 Å². The second-order valence-electron chi connectivity index (χ2n) is 4.99. The molecule has 0 aliphatic carbocycles. The van der Waals surface area contributed by atoms with Crippen molar-refractivity contribution in [3.05, 3.63) is 27.7 Å². The van der Waals surface area contributed by atoms with Crippen LogP contribution >= 0.6 is 27.5 Å². The van der Waals surface area contributed by atoms with E-state index in [1.54, 1.807) is 18.2 Å². The summed E-state index contributed by atoms with van der Waals surface area (Å²) in [7, 11) is -3.55. The third kappa shape index (κ3) is 4.45. The molecule has 0 atom stereocenters. The van der Waals surface area contributed by atoms with Gasteiger partial charge in [-0.15, -0.1) is 0 Å². The highest BCUT2D eigenvalue weighted by Gasteiger charge is 2.28. The highest BCUT2D eigenvalue weighted by atomic mass is 79.9.